The molecule has 1 radical (unpaired) electrons. The van der Waals surface area contributed by atoms with Crippen molar-refractivity contribution in [3.63, 3.8) is 0 Å². The second kappa shape index (κ2) is 24.9. The highest BCUT2D eigenvalue weighted by molar-refractivity contribution is 7.16. The van der Waals surface area contributed by atoms with Gasteiger partial charge < -0.3 is 12.3 Å². The smallest absolute Gasteiger partial charge is 0.389 e. The number of hydrogen-bond acceptors (Lipinski definition) is 3. The largest absolute Gasteiger partial charge is 0.422 e. The van der Waals surface area contributed by atoms with Gasteiger partial charge in [-0.25, -0.2) is 0 Å². The van der Waals surface area contributed by atoms with E-state index in [1.54, 1.807) is 0 Å². The quantitative estimate of drug-likeness (QED) is 0.0324. The summed E-state index contributed by atoms with van der Waals surface area (Å²) in [6.07, 6.45) is 10.7. The van der Waals surface area contributed by atoms with Gasteiger partial charge in [-0.3, -0.25) is 0 Å². The molecule has 3 nitrogen and oxygen atoms in total. The fraction of sp³-hybridized carbons (Fsp3) is 0.154. The average molecular weight is 1010 g/mol. The topological polar surface area (TPSA) is 27.7 Å². The van der Waals surface area contributed by atoms with Gasteiger partial charge in [0, 0.05) is 0 Å². The van der Waals surface area contributed by atoms with Crippen LogP contribution in [0.3, 0.4) is 0 Å². The van der Waals surface area contributed by atoms with E-state index in [1.807, 2.05) is 0 Å². The van der Waals surface area contributed by atoms with Crippen molar-refractivity contribution in [2.24, 2.45) is 0 Å². The van der Waals surface area contributed by atoms with Gasteiger partial charge in [-0.05, 0) is 52.7 Å². The molecular weight excluding hydrogens is 941 g/mol. The van der Waals surface area contributed by atoms with E-state index in [-0.39, 0.29) is 0 Å². The van der Waals surface area contributed by atoms with Gasteiger partial charge >= 0.3 is 17.1 Å². The maximum Gasteiger partial charge on any atom is 0.389 e. The molecule has 0 aliphatic heterocycles. The van der Waals surface area contributed by atoms with Gasteiger partial charge in [-0.15, -0.1) is 0 Å². The van der Waals surface area contributed by atoms with Crippen molar-refractivity contribution in [2.75, 3.05) is 0 Å². The Kier molecular flexibility index (Phi) is 17.5. The average Bonchev–Trinajstić information content (AvgIpc) is 3.47. The van der Waals surface area contributed by atoms with E-state index in [1.165, 1.54) is 48.9 Å². The van der Waals surface area contributed by atoms with Crippen molar-refractivity contribution in [1.29, 1.82) is 0 Å². The Morgan fingerprint density at radius 3 is 0.764 bits per heavy atom. The third kappa shape index (κ3) is 11.2. The zero-order valence-corrected chi connectivity index (χ0v) is 45.5. The fourth-order valence-corrected chi connectivity index (χ4v) is 32.7. The molecule has 7 heteroatoms. The van der Waals surface area contributed by atoms with Crippen LogP contribution in [-0.4, -0.2) is 33.8 Å². The summed E-state index contributed by atoms with van der Waals surface area (Å²) in [6.45, 7) is 4.07. The van der Waals surface area contributed by atoms with Crippen LogP contribution >= 0.6 is 0 Å². The maximum atomic E-state index is 8.98. The molecule has 0 N–H and O–H groups in total. The van der Waals surface area contributed by atoms with Crippen LogP contribution in [0.1, 0.15) is 57.8 Å². The molecule has 0 fully saturated rings. The molecule has 0 aliphatic rings. The Morgan fingerprint density at radius 1 is 0.236 bits per heavy atom. The second-order valence-corrected chi connectivity index (χ2v) is 32.4. The normalized spacial score (nSPS) is 12.1. The van der Waals surface area contributed by atoms with E-state index in [9.17, 15) is 0 Å². The van der Waals surface area contributed by atoms with E-state index < -0.39 is 33.8 Å². The van der Waals surface area contributed by atoms with Crippen LogP contribution in [0.4, 0.5) is 0 Å². The lowest BCUT2D eigenvalue weighted by molar-refractivity contribution is 0.359. The first-order chi connectivity index (χ1) is 35.6. The molecule has 9 aromatic rings. The molecule has 0 aromatic heterocycles. The fourth-order valence-electron chi connectivity index (χ4n) is 10.5. The lowest BCUT2D eigenvalue weighted by atomic mass is 10.1. The summed E-state index contributed by atoms with van der Waals surface area (Å²) in [7, 11) is -14.9. The summed E-state index contributed by atoms with van der Waals surface area (Å²) in [4.78, 5) is 0. The Morgan fingerprint density at radius 2 is 0.472 bits per heavy atom. The maximum absolute atomic E-state index is 8.98. The van der Waals surface area contributed by atoms with E-state index in [0.717, 1.165) is 61.6 Å². The minimum atomic E-state index is -4.08. The molecule has 0 saturated carbocycles. The molecule has 0 heterocycles. The van der Waals surface area contributed by atoms with E-state index in [4.69, 9.17) is 12.3 Å². The zero-order valence-electron chi connectivity index (χ0n) is 41.5. The SMILES string of the molecule is [CH2]CCCCCCCCCC[Si](O[Si](O[Si](O[Si](c1ccccc1)(c1ccccc1)c1ccccc1)(c1ccccc1)c1ccccc1)(c1ccccc1)c1ccccc1)(c1ccccc1)c1ccccc1. The Hall–Kier alpha value is -6.27. The molecule has 0 spiro atoms. The van der Waals surface area contributed by atoms with Crippen LogP contribution in [0.25, 0.3) is 0 Å². The minimum Gasteiger partial charge on any atom is -0.422 e. The van der Waals surface area contributed by atoms with Crippen molar-refractivity contribution >= 4 is 80.4 Å². The summed E-state index contributed by atoms with van der Waals surface area (Å²) >= 11 is 0. The first kappa shape index (κ1) is 50.7. The van der Waals surface area contributed by atoms with Gasteiger partial charge in [0.25, 0.3) is 8.32 Å². The summed E-state index contributed by atoms with van der Waals surface area (Å²) in [5.74, 6) is 0. The lowest BCUT2D eigenvalue weighted by Crippen LogP contribution is -2.83. The minimum absolute atomic E-state index is 0.892. The third-order valence-electron chi connectivity index (χ3n) is 14.1. The molecule has 0 atom stereocenters. The predicted molar refractivity (Wildman–Crippen MR) is 313 cm³/mol. The van der Waals surface area contributed by atoms with Crippen molar-refractivity contribution in [2.45, 2.75) is 63.8 Å². The Labute approximate surface area is 434 Å². The number of benzene rings is 9. The van der Waals surface area contributed by atoms with E-state index in [2.05, 4.69) is 280 Å². The van der Waals surface area contributed by atoms with Crippen molar-refractivity contribution in [3.8, 4) is 0 Å². The van der Waals surface area contributed by atoms with E-state index >= 15 is 0 Å². The lowest BCUT2D eigenvalue weighted by Gasteiger charge is -2.49. The molecule has 9 aromatic carbocycles. The van der Waals surface area contributed by atoms with Gasteiger partial charge in [0.1, 0.15) is 0 Å². The van der Waals surface area contributed by atoms with Crippen LogP contribution < -0.4 is 46.7 Å². The second-order valence-electron chi connectivity index (χ2n) is 18.8. The van der Waals surface area contributed by atoms with Crippen LogP contribution in [0, 0.1) is 6.92 Å². The third-order valence-corrected chi connectivity index (χ3v) is 32.7. The number of hydrogen-bond donors (Lipinski definition) is 0. The molecule has 0 amide bonds. The van der Waals surface area contributed by atoms with Crippen LogP contribution in [0.5, 0.6) is 0 Å². The molecule has 0 aliphatic carbocycles. The molecule has 0 bridgehead atoms. The van der Waals surface area contributed by atoms with Gasteiger partial charge in [-0.1, -0.05) is 338 Å². The summed E-state index contributed by atoms with van der Waals surface area (Å²) < 4.78 is 26.7. The highest BCUT2D eigenvalue weighted by atomic mass is 28.5. The van der Waals surface area contributed by atoms with Crippen LogP contribution in [0.2, 0.25) is 6.04 Å². The molecule has 0 saturated heterocycles. The molecule has 361 valence electrons. The monoisotopic (exact) mass is 1010 g/mol. The number of unbranched alkanes of at least 4 members (excludes halogenated alkanes) is 8. The van der Waals surface area contributed by atoms with Gasteiger partial charge in [-0.2, -0.15) is 0 Å². The standard InChI is InChI=1S/C65H67O3Si4/c1-2-3-4-5-6-7-8-9-37-56-69(57-38-19-10-20-39-57,58-40-21-11-22-41-58)66-71(62-48-29-15-30-49-62,63-50-31-16-32-51-63)68-72(64-52-33-17-34-53-64,65-54-35-18-36-55-65)67-70(59-42-23-12-24-43-59,60-44-25-13-26-45-60)61-46-27-14-28-47-61/h10-36,38-55H,1-9,37,56H2. The molecule has 9 rings (SSSR count). The molecular formula is C65H67O3Si4. The first-order valence-electron chi connectivity index (χ1n) is 26.0. The summed E-state index contributed by atoms with van der Waals surface area (Å²) in [6, 6.07) is 99.7. The van der Waals surface area contributed by atoms with Crippen molar-refractivity contribution in [3.05, 3.63) is 280 Å². The van der Waals surface area contributed by atoms with Crippen molar-refractivity contribution < 1.29 is 12.3 Å². The van der Waals surface area contributed by atoms with E-state index in [0.29, 0.717) is 0 Å². The first-order valence-corrected chi connectivity index (χ1v) is 33.7. The van der Waals surface area contributed by atoms with Crippen LogP contribution in [0.15, 0.2) is 273 Å². The van der Waals surface area contributed by atoms with Gasteiger partial charge in [0.2, 0.25) is 8.32 Å². The summed E-state index contributed by atoms with van der Waals surface area (Å²) in [5, 5.41) is 10.0. The van der Waals surface area contributed by atoms with Gasteiger partial charge in [0.15, 0.2) is 0 Å². The van der Waals surface area contributed by atoms with Gasteiger partial charge in [0.05, 0.1) is 0 Å². The zero-order chi connectivity index (χ0) is 49.2. The van der Waals surface area contributed by atoms with Crippen molar-refractivity contribution in [1.82, 2.24) is 0 Å². The Balaban J connectivity index is 1.35. The Bertz CT molecular complexity index is 2720. The summed E-state index contributed by atoms with van der Waals surface area (Å²) in [5.41, 5.74) is 0. The predicted octanol–water partition coefficient (Wildman–Crippen LogP) is 10.3. The highest BCUT2D eigenvalue weighted by Gasteiger charge is 2.61. The molecule has 72 heavy (non-hydrogen) atoms. The molecule has 0 unspecified atom stereocenters. The highest BCUT2D eigenvalue weighted by Crippen LogP contribution is 2.30. The number of rotatable bonds is 25. The van der Waals surface area contributed by atoms with Crippen LogP contribution in [-0.2, 0) is 12.3 Å².